The molecule has 7 heavy (non-hydrogen) atoms. The van der Waals surface area contributed by atoms with Gasteiger partial charge in [0.15, 0.2) is 16.3 Å². The van der Waals surface area contributed by atoms with E-state index >= 15 is 0 Å². The number of carbonyl (C=O) groups excluding carboxylic acids is 1. The molecule has 0 bridgehead atoms. The minimum Gasteiger partial charge on any atom is -1.00 e. The maximum absolute atomic E-state index is 9.91. The van der Waals surface area contributed by atoms with Crippen molar-refractivity contribution in [1.82, 2.24) is 0 Å². The van der Waals surface area contributed by atoms with E-state index in [0.717, 1.165) is 0 Å². The summed E-state index contributed by atoms with van der Waals surface area (Å²) >= 11 is 2.53. The van der Waals surface area contributed by atoms with Crippen molar-refractivity contribution in [3.05, 3.63) is 0 Å². The number of hydrogen-bond acceptors (Lipinski definition) is 2. The van der Waals surface area contributed by atoms with E-state index in [4.69, 9.17) is 0 Å². The van der Waals surface area contributed by atoms with E-state index < -0.39 is 0 Å². The molecule has 4 heteroatoms. The molecule has 0 radical (unpaired) electrons. The Hall–Kier alpha value is 1.59. The smallest absolute Gasteiger partial charge is 1.00 e. The zero-order chi connectivity index (χ0) is 4.99. The van der Waals surface area contributed by atoms with E-state index in [-0.39, 0.29) is 58.8 Å². The van der Waals surface area contributed by atoms with Gasteiger partial charge in [-0.05, 0) is 0 Å². The molecule has 0 amide bonds. The Balaban J connectivity index is -0.000000125. The summed E-state index contributed by atoms with van der Waals surface area (Å²) in [5, 5.41) is 0. The average molecular weight is 193 g/mol. The van der Waals surface area contributed by atoms with Gasteiger partial charge in [-0.1, -0.05) is 6.92 Å². The number of halogens is 1. The molecule has 0 aliphatic carbocycles. The number of hydrogen-bond donors (Lipinski definition) is 0. The van der Waals surface area contributed by atoms with Crippen LogP contribution in [-0.4, -0.2) is 5.97 Å². The SMILES string of the molecule is CCC(=O)OBr.[H-].[K+]. The van der Waals surface area contributed by atoms with Crippen molar-refractivity contribution in [2.75, 3.05) is 0 Å². The van der Waals surface area contributed by atoms with Crippen LogP contribution >= 0.6 is 16.3 Å². The fraction of sp³-hybridized carbons (Fsp3) is 0.667. The van der Waals surface area contributed by atoms with Gasteiger partial charge in [-0.2, -0.15) is 0 Å². The van der Waals surface area contributed by atoms with Gasteiger partial charge >= 0.3 is 57.4 Å². The Morgan fingerprint density at radius 3 is 2.43 bits per heavy atom. The molecule has 0 aliphatic heterocycles. The van der Waals surface area contributed by atoms with E-state index in [9.17, 15) is 4.79 Å². The normalized spacial score (nSPS) is 6.57. The molecule has 0 fully saturated rings. The maximum atomic E-state index is 9.91. The molecule has 0 aromatic heterocycles. The van der Waals surface area contributed by atoms with E-state index in [2.05, 4.69) is 20.1 Å². The molecule has 0 N–H and O–H groups in total. The molecule has 0 rings (SSSR count). The number of rotatable bonds is 1. The van der Waals surface area contributed by atoms with Crippen molar-refractivity contribution in [2.24, 2.45) is 0 Å². The Morgan fingerprint density at radius 1 is 2.00 bits per heavy atom. The van der Waals surface area contributed by atoms with Gasteiger partial charge in [0.2, 0.25) is 0 Å². The molecule has 0 saturated carbocycles. The summed E-state index contributed by atoms with van der Waals surface area (Å²) in [4.78, 5) is 9.91. The molecule has 38 valence electrons. The molecular weight excluding hydrogens is 187 g/mol. The molecule has 0 aromatic carbocycles. The van der Waals surface area contributed by atoms with Crippen LogP contribution in [0.1, 0.15) is 14.8 Å². The fourth-order valence-corrected chi connectivity index (χ4v) is 0.283. The Kier molecular flexibility index (Phi) is 12.3. The first-order chi connectivity index (χ1) is 2.81. The minimum absolute atomic E-state index is 0. The second-order valence-electron chi connectivity index (χ2n) is 0.803. The minimum atomic E-state index is -0.241. The zero-order valence-electron chi connectivity index (χ0n) is 5.40. The van der Waals surface area contributed by atoms with Crippen LogP contribution < -0.4 is 51.4 Å². The summed E-state index contributed by atoms with van der Waals surface area (Å²) in [6, 6.07) is 0. The van der Waals surface area contributed by atoms with Gasteiger partial charge in [0.05, 0.1) is 0 Å². The van der Waals surface area contributed by atoms with Gasteiger partial charge in [0.1, 0.15) is 0 Å². The molecule has 2 nitrogen and oxygen atoms in total. The first-order valence-electron chi connectivity index (χ1n) is 1.62. The monoisotopic (exact) mass is 192 g/mol. The summed E-state index contributed by atoms with van der Waals surface area (Å²) < 4.78 is 4.07. The molecule has 0 spiro atoms. The fourth-order valence-electron chi connectivity index (χ4n) is 0.0546. The van der Waals surface area contributed by atoms with Gasteiger partial charge in [0.25, 0.3) is 0 Å². The van der Waals surface area contributed by atoms with E-state index in [1.54, 1.807) is 6.92 Å². The third kappa shape index (κ3) is 7.59. The third-order valence-electron chi connectivity index (χ3n) is 0.375. The van der Waals surface area contributed by atoms with Crippen LogP contribution in [0.4, 0.5) is 0 Å². The summed E-state index contributed by atoms with van der Waals surface area (Å²) in [5.74, 6) is -0.241. The Labute approximate surface area is 95.3 Å². The van der Waals surface area contributed by atoms with Crippen LogP contribution in [0.5, 0.6) is 0 Å². The van der Waals surface area contributed by atoms with E-state index in [0.29, 0.717) is 6.42 Å². The first-order valence-corrected chi connectivity index (χ1v) is 2.27. The summed E-state index contributed by atoms with van der Waals surface area (Å²) in [5.41, 5.74) is 0. The average Bonchev–Trinajstić information content (AvgIpc) is 1.65. The first kappa shape index (κ1) is 11.4. The summed E-state index contributed by atoms with van der Waals surface area (Å²) in [6.07, 6.45) is 0.422. The van der Waals surface area contributed by atoms with E-state index in [1.807, 2.05) is 0 Å². The molecule has 0 aromatic rings. The zero-order valence-corrected chi connectivity index (χ0v) is 9.11. The topological polar surface area (TPSA) is 26.3 Å². The quantitative estimate of drug-likeness (QED) is 0.467. The van der Waals surface area contributed by atoms with Gasteiger partial charge in [-0.3, -0.25) is 4.79 Å². The van der Waals surface area contributed by atoms with Crippen molar-refractivity contribution in [3.63, 3.8) is 0 Å². The predicted molar refractivity (Wildman–Crippen MR) is 26.4 cm³/mol. The van der Waals surface area contributed by atoms with Gasteiger partial charge in [-0.15, -0.1) is 0 Å². The van der Waals surface area contributed by atoms with Crippen molar-refractivity contribution >= 4 is 22.2 Å². The molecule has 0 atom stereocenters. The molecule has 0 aliphatic rings. The van der Waals surface area contributed by atoms with Crippen molar-refractivity contribution in [2.45, 2.75) is 13.3 Å². The van der Waals surface area contributed by atoms with Crippen molar-refractivity contribution in [1.29, 1.82) is 0 Å². The van der Waals surface area contributed by atoms with Crippen LogP contribution in [-0.2, 0) is 8.62 Å². The maximum Gasteiger partial charge on any atom is 1.00 e. The van der Waals surface area contributed by atoms with Crippen molar-refractivity contribution in [3.8, 4) is 0 Å². The second-order valence-corrected chi connectivity index (χ2v) is 1.13. The van der Waals surface area contributed by atoms with Crippen LogP contribution in [0.15, 0.2) is 0 Å². The third-order valence-corrected chi connectivity index (χ3v) is 0.736. The van der Waals surface area contributed by atoms with Crippen LogP contribution in [0.2, 0.25) is 0 Å². The number of carbonyl (C=O) groups is 1. The predicted octanol–water partition coefficient (Wildman–Crippen LogP) is -1.63. The van der Waals surface area contributed by atoms with Crippen LogP contribution in [0.3, 0.4) is 0 Å². The molecular formula is C3H6BrKO2. The second kappa shape index (κ2) is 7.59. The molecule has 0 saturated heterocycles. The van der Waals surface area contributed by atoms with Crippen LogP contribution in [0, 0.1) is 0 Å². The van der Waals surface area contributed by atoms with E-state index in [1.165, 1.54) is 0 Å². The Morgan fingerprint density at radius 2 is 2.43 bits per heavy atom. The molecule has 0 unspecified atom stereocenters. The van der Waals surface area contributed by atoms with Gasteiger partial charge < -0.3 is 5.25 Å². The standard InChI is InChI=1S/C3H5BrO2.K.H/c1-2-3(5)6-4;;/h2H2,1H3;;/q;+1;-1. The molecule has 0 heterocycles. The van der Waals surface area contributed by atoms with Crippen LogP contribution in [0.25, 0.3) is 0 Å². The Bertz CT molecular complexity index is 55.2. The van der Waals surface area contributed by atoms with Gasteiger partial charge in [0, 0.05) is 6.42 Å². The summed E-state index contributed by atoms with van der Waals surface area (Å²) in [6.45, 7) is 1.73. The van der Waals surface area contributed by atoms with Gasteiger partial charge in [-0.25, -0.2) is 0 Å². The van der Waals surface area contributed by atoms with Crippen molar-refractivity contribution < 1.29 is 61.4 Å². The summed E-state index contributed by atoms with van der Waals surface area (Å²) in [7, 11) is 0. The largest absolute Gasteiger partial charge is 1.00 e.